The zero-order valence-electron chi connectivity index (χ0n) is 12.4. The van der Waals surface area contributed by atoms with Crippen molar-refractivity contribution in [1.82, 2.24) is 0 Å². The highest BCUT2D eigenvalue weighted by atomic mass is 127. The quantitative estimate of drug-likeness (QED) is 0.459. The first kappa shape index (κ1) is 17.4. The highest BCUT2D eigenvalue weighted by molar-refractivity contribution is 14.1. The number of anilines is 1. The predicted octanol–water partition coefficient (Wildman–Crippen LogP) is 4.90. The lowest BCUT2D eigenvalue weighted by molar-refractivity contribution is 0.102. The van der Waals surface area contributed by atoms with Gasteiger partial charge in [-0.3, -0.25) is 4.79 Å². The summed E-state index contributed by atoms with van der Waals surface area (Å²) in [5, 5.41) is 12.0. The van der Waals surface area contributed by atoms with Crippen LogP contribution in [0.4, 0.5) is 5.69 Å². The van der Waals surface area contributed by atoms with E-state index < -0.39 is 0 Å². The molecule has 0 unspecified atom stereocenters. The average Bonchev–Trinajstić information content (AvgIpc) is 3.07. The second-order valence-corrected chi connectivity index (χ2v) is 7.49. The summed E-state index contributed by atoms with van der Waals surface area (Å²) in [4.78, 5) is 12.4. The molecule has 2 N–H and O–H groups in total. The number of furan rings is 1. The Balaban J connectivity index is 1.76. The van der Waals surface area contributed by atoms with Crippen LogP contribution in [0.5, 0.6) is 0 Å². The van der Waals surface area contributed by atoms with Gasteiger partial charge in [0.2, 0.25) is 0 Å². The fourth-order valence-electron chi connectivity index (χ4n) is 2.21. The number of benzene rings is 2. The molecule has 0 radical (unpaired) electrons. The van der Waals surface area contributed by atoms with Crippen LogP contribution in [0, 0.1) is 7.14 Å². The van der Waals surface area contributed by atoms with Gasteiger partial charge in [-0.2, -0.15) is 0 Å². The van der Waals surface area contributed by atoms with Crippen molar-refractivity contribution < 1.29 is 14.3 Å². The van der Waals surface area contributed by atoms with Gasteiger partial charge in [-0.05, 0) is 99.8 Å². The number of hydrogen-bond acceptors (Lipinski definition) is 3. The van der Waals surface area contributed by atoms with Crippen LogP contribution in [0.3, 0.4) is 0 Å². The molecule has 1 aromatic heterocycles. The highest BCUT2D eigenvalue weighted by Gasteiger charge is 2.11. The van der Waals surface area contributed by atoms with Crippen LogP contribution in [0.1, 0.15) is 16.1 Å². The molecule has 1 amide bonds. The van der Waals surface area contributed by atoms with Gasteiger partial charge in [-0.1, -0.05) is 0 Å². The molecule has 24 heavy (non-hydrogen) atoms. The van der Waals surface area contributed by atoms with E-state index in [-0.39, 0.29) is 12.5 Å². The molecule has 0 fully saturated rings. The largest absolute Gasteiger partial charge is 0.459 e. The standard InChI is InChI=1S/C18H13I2NO3/c19-12-3-7-16(20)15(9-12)18(23)21-13-4-1-11(2-5-13)17-8-6-14(10-22)24-17/h1-9,22H,10H2,(H,21,23). The summed E-state index contributed by atoms with van der Waals surface area (Å²) < 4.78 is 7.43. The summed E-state index contributed by atoms with van der Waals surface area (Å²) in [6, 6.07) is 16.7. The molecule has 0 aliphatic carbocycles. The van der Waals surface area contributed by atoms with E-state index in [9.17, 15) is 4.79 Å². The van der Waals surface area contributed by atoms with Crippen molar-refractivity contribution in [3.63, 3.8) is 0 Å². The van der Waals surface area contributed by atoms with Gasteiger partial charge in [0.25, 0.3) is 5.91 Å². The molecular formula is C18H13I2NO3. The number of halogens is 2. The second kappa shape index (κ2) is 7.66. The lowest BCUT2D eigenvalue weighted by Crippen LogP contribution is -2.13. The maximum Gasteiger partial charge on any atom is 0.256 e. The van der Waals surface area contributed by atoms with Crippen LogP contribution in [-0.2, 0) is 6.61 Å². The van der Waals surface area contributed by atoms with Gasteiger partial charge in [-0.25, -0.2) is 0 Å². The van der Waals surface area contributed by atoms with Crippen LogP contribution in [0.15, 0.2) is 59.0 Å². The van der Waals surface area contributed by atoms with Gasteiger partial charge >= 0.3 is 0 Å². The van der Waals surface area contributed by atoms with E-state index in [0.717, 1.165) is 12.7 Å². The fourth-order valence-corrected chi connectivity index (χ4v) is 3.28. The lowest BCUT2D eigenvalue weighted by Gasteiger charge is -2.08. The van der Waals surface area contributed by atoms with Crippen molar-refractivity contribution in [3.05, 3.63) is 73.1 Å². The Morgan fingerprint density at radius 2 is 1.79 bits per heavy atom. The van der Waals surface area contributed by atoms with Gasteiger partial charge < -0.3 is 14.8 Å². The van der Waals surface area contributed by atoms with Gasteiger partial charge in [0, 0.05) is 18.4 Å². The summed E-state index contributed by atoms with van der Waals surface area (Å²) in [5.41, 5.74) is 2.26. The molecule has 3 aromatic rings. The minimum Gasteiger partial charge on any atom is -0.459 e. The number of rotatable bonds is 4. The molecule has 122 valence electrons. The predicted molar refractivity (Wildman–Crippen MR) is 110 cm³/mol. The van der Waals surface area contributed by atoms with Crippen molar-refractivity contribution in [2.75, 3.05) is 5.32 Å². The van der Waals surface area contributed by atoms with Gasteiger partial charge in [0.15, 0.2) is 0 Å². The van der Waals surface area contributed by atoms with Crippen molar-refractivity contribution in [2.24, 2.45) is 0 Å². The van der Waals surface area contributed by atoms with Gasteiger partial charge in [0.05, 0.1) is 5.56 Å². The number of nitrogens with one attached hydrogen (secondary N) is 1. The highest BCUT2D eigenvalue weighted by Crippen LogP contribution is 2.24. The first-order valence-corrected chi connectivity index (χ1v) is 9.29. The Hall–Kier alpha value is -1.39. The van der Waals surface area contributed by atoms with Crippen LogP contribution in [0.25, 0.3) is 11.3 Å². The minimum absolute atomic E-state index is 0.122. The van der Waals surface area contributed by atoms with Crippen molar-refractivity contribution in [1.29, 1.82) is 0 Å². The van der Waals surface area contributed by atoms with Crippen LogP contribution < -0.4 is 5.32 Å². The molecule has 0 aliphatic heterocycles. The molecule has 0 spiro atoms. The van der Waals surface area contributed by atoms with E-state index in [0.29, 0.717) is 22.8 Å². The number of aliphatic hydroxyl groups is 1. The smallest absolute Gasteiger partial charge is 0.256 e. The number of carbonyl (C=O) groups is 1. The first-order valence-electron chi connectivity index (χ1n) is 7.13. The minimum atomic E-state index is -0.133. The van der Waals surface area contributed by atoms with E-state index in [1.165, 1.54) is 0 Å². The molecule has 4 nitrogen and oxygen atoms in total. The number of hydrogen-bond donors (Lipinski definition) is 2. The molecule has 0 saturated carbocycles. The zero-order valence-corrected chi connectivity index (χ0v) is 16.7. The molecule has 1 heterocycles. The maximum atomic E-state index is 12.4. The van der Waals surface area contributed by atoms with E-state index >= 15 is 0 Å². The first-order chi connectivity index (χ1) is 11.6. The number of carbonyl (C=O) groups excluding carboxylic acids is 1. The van der Waals surface area contributed by atoms with E-state index in [1.54, 1.807) is 6.07 Å². The molecule has 0 bridgehead atoms. The van der Waals surface area contributed by atoms with Crippen molar-refractivity contribution in [2.45, 2.75) is 6.61 Å². The molecule has 6 heteroatoms. The molecule has 0 atom stereocenters. The Labute approximate surface area is 166 Å². The Kier molecular flexibility index (Phi) is 5.57. The number of aliphatic hydroxyl groups excluding tert-OH is 1. The monoisotopic (exact) mass is 545 g/mol. The lowest BCUT2D eigenvalue weighted by atomic mass is 10.1. The summed E-state index contributed by atoms with van der Waals surface area (Å²) in [7, 11) is 0. The fraction of sp³-hybridized carbons (Fsp3) is 0.0556. The molecular weight excluding hydrogens is 532 g/mol. The second-order valence-electron chi connectivity index (χ2n) is 5.08. The third kappa shape index (κ3) is 3.98. The normalized spacial score (nSPS) is 10.6. The van der Waals surface area contributed by atoms with Crippen LogP contribution in [0.2, 0.25) is 0 Å². The summed E-state index contributed by atoms with van der Waals surface area (Å²) in [5.74, 6) is 1.07. The van der Waals surface area contributed by atoms with Crippen molar-refractivity contribution >= 4 is 56.8 Å². The van der Waals surface area contributed by atoms with Gasteiger partial charge in [-0.15, -0.1) is 0 Å². The third-order valence-corrected chi connectivity index (χ3v) is 5.03. The van der Waals surface area contributed by atoms with E-state index in [2.05, 4.69) is 50.5 Å². The van der Waals surface area contributed by atoms with Crippen molar-refractivity contribution in [3.8, 4) is 11.3 Å². The molecule has 3 rings (SSSR count). The summed E-state index contributed by atoms with van der Waals surface area (Å²) >= 11 is 4.35. The Morgan fingerprint density at radius 1 is 1.04 bits per heavy atom. The van der Waals surface area contributed by atoms with E-state index in [1.807, 2.05) is 48.5 Å². The zero-order chi connectivity index (χ0) is 17.1. The maximum absolute atomic E-state index is 12.4. The van der Waals surface area contributed by atoms with E-state index in [4.69, 9.17) is 9.52 Å². The SMILES string of the molecule is O=C(Nc1ccc(-c2ccc(CO)o2)cc1)c1cc(I)ccc1I. The molecule has 0 saturated heterocycles. The summed E-state index contributed by atoms with van der Waals surface area (Å²) in [6.07, 6.45) is 0. The third-order valence-electron chi connectivity index (χ3n) is 3.42. The average molecular weight is 545 g/mol. The number of amides is 1. The molecule has 2 aromatic carbocycles. The Morgan fingerprint density at radius 3 is 2.46 bits per heavy atom. The Bertz CT molecular complexity index is 872. The summed E-state index contributed by atoms with van der Waals surface area (Å²) in [6.45, 7) is -0.122. The topological polar surface area (TPSA) is 62.5 Å². The van der Waals surface area contributed by atoms with Crippen LogP contribution in [-0.4, -0.2) is 11.0 Å². The van der Waals surface area contributed by atoms with Gasteiger partial charge in [0.1, 0.15) is 18.1 Å². The van der Waals surface area contributed by atoms with Crippen LogP contribution >= 0.6 is 45.2 Å². The molecule has 0 aliphatic rings.